The second-order valence-electron chi connectivity index (χ2n) is 9.60. The molecule has 1 amide bonds. The highest BCUT2D eigenvalue weighted by Crippen LogP contribution is 2.50. The summed E-state index contributed by atoms with van der Waals surface area (Å²) < 4.78 is 83.7. The van der Waals surface area contributed by atoms with Gasteiger partial charge in [0.15, 0.2) is 0 Å². The number of methoxy groups -OCH3 is 1. The van der Waals surface area contributed by atoms with Crippen molar-refractivity contribution in [1.29, 1.82) is 0 Å². The number of aryl methyl sites for hydroxylation is 1. The van der Waals surface area contributed by atoms with E-state index in [-0.39, 0.29) is 11.5 Å². The first-order chi connectivity index (χ1) is 16.7. The lowest BCUT2D eigenvalue weighted by molar-refractivity contribution is -0.376. The number of hydrogen-bond donors (Lipinski definition) is 1. The molecular formula is C25H26F6N2O3. The van der Waals surface area contributed by atoms with Gasteiger partial charge in [0, 0.05) is 43.7 Å². The Balaban J connectivity index is 1.46. The number of hydrogen-bond acceptors (Lipinski definition) is 4. The third kappa shape index (κ3) is 4.43. The van der Waals surface area contributed by atoms with E-state index in [1.54, 1.807) is 11.0 Å². The molecule has 2 aromatic carbocycles. The van der Waals surface area contributed by atoms with Gasteiger partial charge < -0.3 is 14.7 Å². The van der Waals surface area contributed by atoms with E-state index in [0.717, 1.165) is 36.3 Å². The van der Waals surface area contributed by atoms with Crippen molar-refractivity contribution in [3.63, 3.8) is 0 Å². The van der Waals surface area contributed by atoms with Crippen molar-refractivity contribution in [2.24, 2.45) is 5.41 Å². The summed E-state index contributed by atoms with van der Waals surface area (Å²) in [5, 5.41) is 9.60. The third-order valence-corrected chi connectivity index (χ3v) is 6.99. The van der Waals surface area contributed by atoms with E-state index < -0.39 is 23.5 Å². The van der Waals surface area contributed by atoms with Crippen LogP contribution in [-0.4, -0.2) is 66.6 Å². The molecule has 1 N–H and O–H groups in total. The highest BCUT2D eigenvalue weighted by atomic mass is 19.4. The summed E-state index contributed by atoms with van der Waals surface area (Å²) in [6.45, 7) is 5.65. The molecule has 4 rings (SSSR count). The zero-order chi connectivity index (χ0) is 26.5. The van der Waals surface area contributed by atoms with Gasteiger partial charge in [-0.25, -0.2) is 4.79 Å². The number of carbonyl (C=O) groups is 1. The number of ether oxygens (including phenoxy) is 1. The number of carbonyl (C=O) groups excluding carboxylic acids is 1. The van der Waals surface area contributed by atoms with Crippen LogP contribution in [0.25, 0.3) is 11.1 Å². The molecule has 0 unspecified atom stereocenters. The standard InChI is InChI=1S/C25H26F6N2O3/c1-3-17-10-16(11-32-12-22(13-32)14-33(15-22)21(34)36-2)4-9-20(17)18-5-7-19(8-6-18)23(35,24(26,27)28)25(29,30)31/h4-10,35H,3,11-15H2,1-2H3. The smallest absolute Gasteiger partial charge is 0.430 e. The Labute approximate surface area is 204 Å². The predicted octanol–water partition coefficient (Wildman–Crippen LogP) is 5.11. The van der Waals surface area contributed by atoms with Crippen LogP contribution in [0.1, 0.15) is 23.6 Å². The molecule has 196 valence electrons. The van der Waals surface area contributed by atoms with E-state index >= 15 is 0 Å². The van der Waals surface area contributed by atoms with Gasteiger partial charge in [0.25, 0.3) is 5.60 Å². The Morgan fingerprint density at radius 3 is 2.06 bits per heavy atom. The van der Waals surface area contributed by atoms with Gasteiger partial charge in [-0.15, -0.1) is 0 Å². The van der Waals surface area contributed by atoms with Crippen LogP contribution in [0, 0.1) is 5.41 Å². The number of nitrogens with zero attached hydrogens (tertiary/aromatic N) is 2. The van der Waals surface area contributed by atoms with Crippen LogP contribution in [0.15, 0.2) is 42.5 Å². The monoisotopic (exact) mass is 516 g/mol. The molecule has 1 spiro atoms. The Morgan fingerprint density at radius 1 is 0.972 bits per heavy atom. The van der Waals surface area contributed by atoms with Crippen LogP contribution >= 0.6 is 0 Å². The summed E-state index contributed by atoms with van der Waals surface area (Å²) in [7, 11) is 1.36. The predicted molar refractivity (Wildman–Crippen MR) is 119 cm³/mol. The largest absolute Gasteiger partial charge is 0.453 e. The van der Waals surface area contributed by atoms with Crippen molar-refractivity contribution in [2.45, 2.75) is 37.8 Å². The number of likely N-dealkylation sites (tertiary alicyclic amines) is 2. The fraction of sp³-hybridized carbons (Fsp3) is 0.480. The molecule has 5 nitrogen and oxygen atoms in total. The summed E-state index contributed by atoms with van der Waals surface area (Å²) in [6.07, 6.45) is -11.6. The molecule has 11 heteroatoms. The highest BCUT2D eigenvalue weighted by Gasteiger charge is 2.71. The topological polar surface area (TPSA) is 53.0 Å². The molecule has 0 saturated carbocycles. The van der Waals surface area contributed by atoms with E-state index in [2.05, 4.69) is 4.90 Å². The molecule has 2 fully saturated rings. The van der Waals surface area contributed by atoms with E-state index in [0.29, 0.717) is 49.3 Å². The van der Waals surface area contributed by atoms with Crippen molar-refractivity contribution in [3.05, 3.63) is 59.2 Å². The van der Waals surface area contributed by atoms with Gasteiger partial charge in [0.2, 0.25) is 0 Å². The molecule has 0 radical (unpaired) electrons. The maximum Gasteiger partial charge on any atom is 0.430 e. The Morgan fingerprint density at radius 2 is 1.56 bits per heavy atom. The normalized spacial score (nSPS) is 18.1. The van der Waals surface area contributed by atoms with Crippen molar-refractivity contribution < 1.29 is 41.0 Å². The molecule has 2 aliphatic rings. The zero-order valence-corrected chi connectivity index (χ0v) is 19.7. The van der Waals surface area contributed by atoms with E-state index in [9.17, 15) is 36.2 Å². The molecule has 0 aliphatic carbocycles. The number of alkyl halides is 6. The van der Waals surface area contributed by atoms with Crippen molar-refractivity contribution >= 4 is 6.09 Å². The van der Waals surface area contributed by atoms with E-state index in [1.807, 2.05) is 19.1 Å². The average molecular weight is 516 g/mol. The minimum absolute atomic E-state index is 0.109. The maximum atomic E-state index is 13.2. The summed E-state index contributed by atoms with van der Waals surface area (Å²) in [5.41, 5.74) is -3.03. The molecule has 0 atom stereocenters. The lowest BCUT2D eigenvalue weighted by Crippen LogP contribution is -2.72. The molecule has 2 saturated heterocycles. The van der Waals surface area contributed by atoms with Gasteiger partial charge in [-0.2, -0.15) is 26.3 Å². The van der Waals surface area contributed by atoms with Gasteiger partial charge in [-0.05, 0) is 28.7 Å². The zero-order valence-electron chi connectivity index (χ0n) is 19.7. The lowest BCUT2D eigenvalue weighted by Gasteiger charge is -2.59. The fourth-order valence-corrected chi connectivity index (χ4v) is 5.19. The van der Waals surface area contributed by atoms with Crippen LogP contribution in [-0.2, 0) is 23.3 Å². The van der Waals surface area contributed by atoms with E-state index in [4.69, 9.17) is 4.74 Å². The van der Waals surface area contributed by atoms with Gasteiger partial charge in [-0.3, -0.25) is 4.90 Å². The van der Waals surface area contributed by atoms with Crippen LogP contribution in [0.3, 0.4) is 0 Å². The first-order valence-electron chi connectivity index (χ1n) is 11.4. The minimum Gasteiger partial charge on any atom is -0.453 e. The van der Waals surface area contributed by atoms with Gasteiger partial charge in [-0.1, -0.05) is 49.4 Å². The molecule has 2 aliphatic heterocycles. The summed E-state index contributed by atoms with van der Waals surface area (Å²) in [6, 6.07) is 9.33. The molecular weight excluding hydrogens is 490 g/mol. The number of rotatable bonds is 5. The highest BCUT2D eigenvalue weighted by molar-refractivity contribution is 5.69. The van der Waals surface area contributed by atoms with Gasteiger partial charge in [0.05, 0.1) is 7.11 Å². The second kappa shape index (κ2) is 8.95. The Kier molecular flexibility index (Phi) is 6.53. The summed E-state index contributed by atoms with van der Waals surface area (Å²) in [5.74, 6) is 0. The van der Waals surface area contributed by atoms with Crippen molar-refractivity contribution in [1.82, 2.24) is 9.80 Å². The Bertz CT molecular complexity index is 1100. The third-order valence-electron chi connectivity index (χ3n) is 6.99. The molecule has 2 aromatic rings. The SMILES string of the molecule is CCc1cc(CN2CC3(C2)CN(C(=O)OC)C3)ccc1-c1ccc(C(O)(C(F)(F)F)C(F)(F)F)cc1. The van der Waals surface area contributed by atoms with E-state index in [1.165, 1.54) is 7.11 Å². The molecule has 0 aromatic heterocycles. The average Bonchev–Trinajstić information content (AvgIpc) is 2.77. The quantitative estimate of drug-likeness (QED) is 0.562. The Hall–Kier alpha value is -2.79. The van der Waals surface area contributed by atoms with Crippen LogP contribution in [0.2, 0.25) is 0 Å². The van der Waals surface area contributed by atoms with Crippen LogP contribution in [0.5, 0.6) is 0 Å². The van der Waals surface area contributed by atoms with Gasteiger partial charge in [0.1, 0.15) is 0 Å². The first kappa shape index (κ1) is 26.3. The number of halogens is 6. The second-order valence-corrected chi connectivity index (χ2v) is 9.60. The molecule has 0 bridgehead atoms. The van der Waals surface area contributed by atoms with Crippen LogP contribution in [0.4, 0.5) is 31.1 Å². The minimum atomic E-state index is -5.92. The molecule has 2 heterocycles. The lowest BCUT2D eigenvalue weighted by atomic mass is 9.73. The van der Waals surface area contributed by atoms with Crippen LogP contribution < -0.4 is 0 Å². The van der Waals surface area contributed by atoms with Gasteiger partial charge >= 0.3 is 18.4 Å². The summed E-state index contributed by atoms with van der Waals surface area (Å²) >= 11 is 0. The summed E-state index contributed by atoms with van der Waals surface area (Å²) in [4.78, 5) is 15.5. The number of amides is 1. The molecule has 36 heavy (non-hydrogen) atoms. The first-order valence-corrected chi connectivity index (χ1v) is 11.4. The maximum absolute atomic E-state index is 13.2. The number of benzene rings is 2. The van der Waals surface area contributed by atoms with Crippen molar-refractivity contribution in [2.75, 3.05) is 33.3 Å². The van der Waals surface area contributed by atoms with Crippen molar-refractivity contribution in [3.8, 4) is 11.1 Å². The number of aliphatic hydroxyl groups is 1. The fourth-order valence-electron chi connectivity index (χ4n) is 5.19.